The van der Waals surface area contributed by atoms with Crippen LogP contribution in [-0.4, -0.2) is 52.9 Å². The van der Waals surface area contributed by atoms with E-state index in [-0.39, 0.29) is 30.3 Å². The van der Waals surface area contributed by atoms with E-state index in [0.29, 0.717) is 34.5 Å². The summed E-state index contributed by atoms with van der Waals surface area (Å²) in [6.07, 6.45) is -6.53. The number of halogens is 4. The molecule has 1 aliphatic rings. The number of carbonyl (C=O) groups is 1. The number of amides is 1. The lowest BCUT2D eigenvalue weighted by Gasteiger charge is -2.17. The molecule has 1 saturated heterocycles. The van der Waals surface area contributed by atoms with E-state index in [9.17, 15) is 22.4 Å². The smallest absolute Gasteiger partial charge is 0.387 e. The van der Waals surface area contributed by atoms with Crippen molar-refractivity contribution < 1.29 is 22.4 Å². The maximum Gasteiger partial charge on any atom is 0.397 e. The molecule has 34 heavy (non-hydrogen) atoms. The standard InChI is InChI=1S/C21H23F4N7OS/c1-12(26)8-16(27)29-17-9-18(32-7-6-13(22)11-32)31-20(30-17)34-15-4-2-14(3-5-15)28-19(33)10-21(23,24)25/h2-5,9,13,26H,6-8,10-11H2,1H3,(H,28,33)(H2,27,29,30,31). The molecule has 3 rings (SSSR count). The third kappa shape index (κ3) is 7.97. The van der Waals surface area contributed by atoms with Crippen LogP contribution in [0.25, 0.3) is 0 Å². The molecule has 0 saturated carbocycles. The normalized spacial score (nSPS) is 16.6. The average molecular weight is 498 g/mol. The Hall–Kier alpha value is -3.22. The number of nitrogens with zero attached hydrogens (tertiary/aromatic N) is 4. The number of hydrogen-bond donors (Lipinski definition) is 3. The third-order valence-corrected chi connectivity index (χ3v) is 5.42. The van der Waals surface area contributed by atoms with E-state index in [2.05, 4.69) is 20.3 Å². The molecule has 1 aromatic carbocycles. The first-order valence-electron chi connectivity index (χ1n) is 10.3. The van der Waals surface area contributed by atoms with Gasteiger partial charge in [0.1, 0.15) is 24.2 Å². The zero-order valence-electron chi connectivity index (χ0n) is 18.2. The minimum absolute atomic E-state index is 0.180. The van der Waals surface area contributed by atoms with Crippen molar-refractivity contribution in [3.05, 3.63) is 30.3 Å². The average Bonchev–Trinajstić information content (AvgIpc) is 3.13. The molecule has 2 heterocycles. The molecule has 8 nitrogen and oxygen atoms in total. The number of anilines is 2. The molecular formula is C21H23F4N7OS. The van der Waals surface area contributed by atoms with Gasteiger partial charge in [-0.1, -0.05) is 0 Å². The van der Waals surface area contributed by atoms with Crippen LogP contribution in [0.1, 0.15) is 26.2 Å². The summed E-state index contributed by atoms with van der Waals surface area (Å²) in [7, 11) is 0. The van der Waals surface area contributed by atoms with Crippen molar-refractivity contribution in [2.75, 3.05) is 23.3 Å². The predicted molar refractivity (Wildman–Crippen MR) is 123 cm³/mol. The van der Waals surface area contributed by atoms with Crippen molar-refractivity contribution in [3.8, 4) is 0 Å². The molecule has 0 spiro atoms. The molecule has 1 aliphatic heterocycles. The lowest BCUT2D eigenvalue weighted by Crippen LogP contribution is -2.21. The number of carbonyl (C=O) groups excluding carboxylic acids is 1. The number of nitrogens with one attached hydrogen (secondary N) is 2. The van der Waals surface area contributed by atoms with Gasteiger partial charge < -0.3 is 21.4 Å². The Morgan fingerprint density at radius 3 is 2.62 bits per heavy atom. The number of aliphatic imine (C=N–C) groups is 1. The lowest BCUT2D eigenvalue weighted by molar-refractivity contribution is -0.150. The van der Waals surface area contributed by atoms with Gasteiger partial charge in [-0.15, -0.1) is 0 Å². The van der Waals surface area contributed by atoms with E-state index >= 15 is 0 Å². The van der Waals surface area contributed by atoms with Crippen LogP contribution in [0, 0.1) is 5.41 Å². The van der Waals surface area contributed by atoms with Crippen LogP contribution in [0.3, 0.4) is 0 Å². The van der Waals surface area contributed by atoms with Gasteiger partial charge in [-0.2, -0.15) is 13.2 Å². The highest BCUT2D eigenvalue weighted by Crippen LogP contribution is 2.31. The number of hydrogen-bond acceptors (Lipinski definition) is 7. The van der Waals surface area contributed by atoms with Crippen molar-refractivity contribution in [2.24, 2.45) is 10.7 Å². The zero-order valence-corrected chi connectivity index (χ0v) is 19.0. The minimum Gasteiger partial charge on any atom is -0.387 e. The zero-order chi connectivity index (χ0) is 24.9. The maximum atomic E-state index is 13.7. The molecule has 4 N–H and O–H groups in total. The second-order valence-electron chi connectivity index (χ2n) is 7.73. The molecule has 1 amide bonds. The summed E-state index contributed by atoms with van der Waals surface area (Å²) < 4.78 is 50.7. The maximum absolute atomic E-state index is 13.7. The molecule has 2 aromatic rings. The van der Waals surface area contributed by atoms with Gasteiger partial charge >= 0.3 is 6.18 Å². The van der Waals surface area contributed by atoms with Crippen molar-refractivity contribution in [2.45, 2.75) is 48.6 Å². The van der Waals surface area contributed by atoms with Crippen LogP contribution in [0.2, 0.25) is 0 Å². The number of nitrogens with two attached hydrogens (primary N) is 1. The Morgan fingerprint density at radius 1 is 1.32 bits per heavy atom. The van der Waals surface area contributed by atoms with Crippen LogP contribution >= 0.6 is 11.8 Å². The molecule has 0 bridgehead atoms. The summed E-state index contributed by atoms with van der Waals surface area (Å²) in [5, 5.41) is 10.1. The van der Waals surface area contributed by atoms with Gasteiger partial charge in [0, 0.05) is 35.3 Å². The highest BCUT2D eigenvalue weighted by molar-refractivity contribution is 7.99. The Labute approximate surface area is 197 Å². The third-order valence-electron chi connectivity index (χ3n) is 4.55. The molecule has 0 aliphatic carbocycles. The van der Waals surface area contributed by atoms with Crippen LogP contribution in [0.5, 0.6) is 0 Å². The van der Waals surface area contributed by atoms with Gasteiger partial charge in [0.05, 0.1) is 6.54 Å². The Balaban J connectivity index is 1.79. The summed E-state index contributed by atoms with van der Waals surface area (Å²) in [5.74, 6) is -0.186. The molecule has 1 atom stereocenters. The van der Waals surface area contributed by atoms with Gasteiger partial charge in [-0.25, -0.2) is 19.4 Å². The van der Waals surface area contributed by atoms with E-state index in [1.165, 1.54) is 23.9 Å². The largest absolute Gasteiger partial charge is 0.397 e. The molecule has 182 valence electrons. The summed E-state index contributed by atoms with van der Waals surface area (Å²) in [5.41, 5.74) is 6.45. The van der Waals surface area contributed by atoms with E-state index < -0.39 is 24.7 Å². The number of rotatable bonds is 8. The fourth-order valence-corrected chi connectivity index (χ4v) is 3.91. The topological polar surface area (TPSA) is 120 Å². The highest BCUT2D eigenvalue weighted by atomic mass is 32.2. The lowest BCUT2D eigenvalue weighted by atomic mass is 10.3. The number of benzene rings is 1. The van der Waals surface area contributed by atoms with Crippen LogP contribution in [0.4, 0.5) is 34.9 Å². The molecule has 1 fully saturated rings. The summed E-state index contributed by atoms with van der Waals surface area (Å²) in [6.45, 7) is 2.30. The van der Waals surface area contributed by atoms with Gasteiger partial charge in [0.25, 0.3) is 0 Å². The summed E-state index contributed by atoms with van der Waals surface area (Å²) in [4.78, 5) is 27.0. The van der Waals surface area contributed by atoms with Crippen molar-refractivity contribution in [1.29, 1.82) is 5.41 Å². The first kappa shape index (κ1) is 25.4. The SMILES string of the molecule is CC(=N)CC(N)=Nc1cc(N2CCC(F)C2)nc(Sc2ccc(NC(=O)CC(F)(F)F)cc2)n1. The predicted octanol–water partition coefficient (Wildman–Crippen LogP) is 4.49. The van der Waals surface area contributed by atoms with E-state index in [0.717, 1.165) is 0 Å². The first-order valence-corrected chi connectivity index (χ1v) is 11.1. The van der Waals surface area contributed by atoms with Crippen LogP contribution in [0.15, 0.2) is 45.4 Å². The van der Waals surface area contributed by atoms with E-state index in [1.807, 2.05) is 0 Å². The highest BCUT2D eigenvalue weighted by Gasteiger charge is 2.31. The molecule has 13 heteroatoms. The fourth-order valence-electron chi connectivity index (χ4n) is 3.15. The number of alkyl halides is 4. The second kappa shape index (κ2) is 10.8. The van der Waals surface area contributed by atoms with Gasteiger partial charge in [-0.3, -0.25) is 4.79 Å². The summed E-state index contributed by atoms with van der Waals surface area (Å²) >= 11 is 1.17. The van der Waals surface area contributed by atoms with E-state index in [4.69, 9.17) is 11.1 Å². The van der Waals surface area contributed by atoms with Gasteiger partial charge in [0.15, 0.2) is 11.0 Å². The minimum atomic E-state index is -4.58. The van der Waals surface area contributed by atoms with Crippen molar-refractivity contribution >= 4 is 46.5 Å². The molecule has 1 unspecified atom stereocenters. The fraction of sp³-hybridized carbons (Fsp3) is 0.381. The van der Waals surface area contributed by atoms with E-state index in [1.54, 1.807) is 30.0 Å². The molecular weight excluding hydrogens is 474 g/mol. The Kier molecular flexibility index (Phi) is 8.07. The summed E-state index contributed by atoms with van der Waals surface area (Å²) in [6, 6.07) is 7.75. The number of aromatic nitrogens is 2. The molecule has 0 radical (unpaired) electrons. The second-order valence-corrected chi connectivity index (χ2v) is 8.77. The molecule has 1 aromatic heterocycles. The van der Waals surface area contributed by atoms with Gasteiger partial charge in [0.2, 0.25) is 5.91 Å². The first-order chi connectivity index (χ1) is 16.0. The Bertz CT molecular complexity index is 1080. The monoisotopic (exact) mass is 497 g/mol. The van der Waals surface area contributed by atoms with Crippen LogP contribution < -0.4 is 16.0 Å². The van der Waals surface area contributed by atoms with Gasteiger partial charge in [-0.05, 0) is 49.4 Å². The van der Waals surface area contributed by atoms with Crippen LogP contribution in [-0.2, 0) is 4.79 Å². The quantitative estimate of drug-likeness (QED) is 0.214. The van der Waals surface area contributed by atoms with Crippen molar-refractivity contribution in [1.82, 2.24) is 9.97 Å². The number of amidine groups is 1. The van der Waals surface area contributed by atoms with Crippen molar-refractivity contribution in [3.63, 3.8) is 0 Å². The Morgan fingerprint density at radius 2 is 2.03 bits per heavy atom.